The summed E-state index contributed by atoms with van der Waals surface area (Å²) in [4.78, 5) is 7.95. The van der Waals surface area contributed by atoms with Crippen LogP contribution in [0.2, 0.25) is 0 Å². The fourth-order valence-corrected chi connectivity index (χ4v) is 3.14. The van der Waals surface area contributed by atoms with Crippen molar-refractivity contribution >= 4 is 47.0 Å². The Bertz CT molecular complexity index is 631. The van der Waals surface area contributed by atoms with Crippen LogP contribution in [0.4, 0.5) is 5.69 Å². The van der Waals surface area contributed by atoms with E-state index in [0.29, 0.717) is 6.61 Å². The molecule has 7 heteroatoms. The lowest BCUT2D eigenvalue weighted by molar-refractivity contribution is 0.211. The van der Waals surface area contributed by atoms with Gasteiger partial charge in [0.05, 0.1) is 6.61 Å². The van der Waals surface area contributed by atoms with Gasteiger partial charge in [0.25, 0.3) is 0 Å². The van der Waals surface area contributed by atoms with Crippen molar-refractivity contribution in [1.82, 2.24) is 10.2 Å². The van der Waals surface area contributed by atoms with Crippen molar-refractivity contribution in [3.63, 3.8) is 0 Å². The molecule has 0 aliphatic rings. The average Bonchev–Trinajstić information content (AvgIpc) is 3.15. The van der Waals surface area contributed by atoms with Crippen molar-refractivity contribution < 1.29 is 4.74 Å². The Labute approximate surface area is 177 Å². The van der Waals surface area contributed by atoms with Crippen LogP contribution in [-0.4, -0.2) is 51.8 Å². The molecule has 0 amide bonds. The number of halogens is 1. The molecular formula is C19H29IN4OS. The number of methoxy groups -OCH3 is 1. The molecule has 1 aromatic heterocycles. The zero-order valence-corrected chi connectivity index (χ0v) is 18.8. The summed E-state index contributed by atoms with van der Waals surface area (Å²) in [6.45, 7) is 3.23. The van der Waals surface area contributed by atoms with Crippen LogP contribution < -0.4 is 10.6 Å². The van der Waals surface area contributed by atoms with Crippen LogP contribution in [0, 0.1) is 0 Å². The molecule has 0 saturated heterocycles. The first-order chi connectivity index (χ1) is 12.2. The number of guanidine groups is 1. The number of hydrogen-bond donors (Lipinski definition) is 2. The van der Waals surface area contributed by atoms with Crippen molar-refractivity contribution in [3.8, 4) is 0 Å². The smallest absolute Gasteiger partial charge is 0.193 e. The van der Waals surface area contributed by atoms with Crippen LogP contribution in [0.5, 0.6) is 0 Å². The molecule has 2 rings (SSSR count). The van der Waals surface area contributed by atoms with Crippen LogP contribution in [-0.2, 0) is 17.7 Å². The predicted molar refractivity (Wildman–Crippen MR) is 123 cm³/mol. The maximum atomic E-state index is 5.04. The highest BCUT2D eigenvalue weighted by Crippen LogP contribution is 2.10. The van der Waals surface area contributed by atoms with Gasteiger partial charge in [0.1, 0.15) is 0 Å². The SMILES string of the molecule is CN=C(NCc1ccc(NCCOC)cc1)N(C)CCc1cccs1.I. The minimum absolute atomic E-state index is 0. The second-order valence-electron chi connectivity index (χ2n) is 5.77. The number of benzene rings is 1. The first-order valence-electron chi connectivity index (χ1n) is 8.49. The van der Waals surface area contributed by atoms with Gasteiger partial charge in [-0.3, -0.25) is 4.99 Å². The Balaban J connectivity index is 0.00000338. The van der Waals surface area contributed by atoms with Crippen molar-refractivity contribution in [2.45, 2.75) is 13.0 Å². The third-order valence-electron chi connectivity index (χ3n) is 3.89. The Morgan fingerprint density at radius 1 is 1.23 bits per heavy atom. The summed E-state index contributed by atoms with van der Waals surface area (Å²) in [5.41, 5.74) is 2.34. The summed E-state index contributed by atoms with van der Waals surface area (Å²) < 4.78 is 5.04. The second kappa shape index (κ2) is 12.9. The quantitative estimate of drug-likeness (QED) is 0.245. The van der Waals surface area contributed by atoms with E-state index >= 15 is 0 Å². The Hall–Kier alpha value is -1.32. The molecule has 0 bridgehead atoms. The summed E-state index contributed by atoms with van der Waals surface area (Å²) in [5, 5.41) is 8.87. The largest absolute Gasteiger partial charge is 0.383 e. The lowest BCUT2D eigenvalue weighted by Gasteiger charge is -2.22. The van der Waals surface area contributed by atoms with Gasteiger partial charge in [-0.2, -0.15) is 0 Å². The zero-order chi connectivity index (χ0) is 17.9. The number of hydrogen-bond acceptors (Lipinski definition) is 4. The van der Waals surface area contributed by atoms with Gasteiger partial charge in [0.2, 0.25) is 0 Å². The minimum Gasteiger partial charge on any atom is -0.383 e. The van der Waals surface area contributed by atoms with Crippen LogP contribution in [0.3, 0.4) is 0 Å². The highest BCUT2D eigenvalue weighted by Gasteiger charge is 2.06. The molecule has 0 atom stereocenters. The Kier molecular flexibility index (Phi) is 11.3. The van der Waals surface area contributed by atoms with E-state index in [9.17, 15) is 0 Å². The van der Waals surface area contributed by atoms with E-state index in [-0.39, 0.29) is 24.0 Å². The number of thiophene rings is 1. The summed E-state index contributed by atoms with van der Waals surface area (Å²) in [6.07, 6.45) is 1.04. The zero-order valence-electron chi connectivity index (χ0n) is 15.7. The lowest BCUT2D eigenvalue weighted by Crippen LogP contribution is -2.39. The van der Waals surface area contributed by atoms with E-state index in [1.807, 2.05) is 7.05 Å². The third-order valence-corrected chi connectivity index (χ3v) is 4.82. The van der Waals surface area contributed by atoms with Gasteiger partial charge in [0.15, 0.2) is 5.96 Å². The van der Waals surface area contributed by atoms with E-state index in [0.717, 1.165) is 37.7 Å². The molecule has 26 heavy (non-hydrogen) atoms. The van der Waals surface area contributed by atoms with Gasteiger partial charge in [-0.25, -0.2) is 0 Å². The van der Waals surface area contributed by atoms with Gasteiger partial charge in [-0.1, -0.05) is 18.2 Å². The highest BCUT2D eigenvalue weighted by molar-refractivity contribution is 14.0. The first-order valence-corrected chi connectivity index (χ1v) is 9.37. The first kappa shape index (κ1) is 22.7. The second-order valence-corrected chi connectivity index (χ2v) is 6.80. The topological polar surface area (TPSA) is 48.9 Å². The number of nitrogens with zero attached hydrogens (tertiary/aromatic N) is 2. The molecule has 1 aromatic carbocycles. The van der Waals surface area contributed by atoms with E-state index in [2.05, 4.69) is 69.4 Å². The van der Waals surface area contributed by atoms with Gasteiger partial charge < -0.3 is 20.3 Å². The molecule has 1 heterocycles. The number of rotatable bonds is 9. The molecular weight excluding hydrogens is 459 g/mol. The van der Waals surface area contributed by atoms with Gasteiger partial charge in [-0.15, -0.1) is 35.3 Å². The van der Waals surface area contributed by atoms with Crippen LogP contribution in [0.25, 0.3) is 0 Å². The minimum atomic E-state index is 0. The Morgan fingerprint density at radius 3 is 2.62 bits per heavy atom. The summed E-state index contributed by atoms with van der Waals surface area (Å²) >= 11 is 1.80. The number of anilines is 1. The molecule has 0 radical (unpaired) electrons. The Morgan fingerprint density at radius 2 is 2.00 bits per heavy atom. The van der Waals surface area contributed by atoms with E-state index < -0.39 is 0 Å². The monoisotopic (exact) mass is 488 g/mol. The van der Waals surface area contributed by atoms with Crippen molar-refractivity contribution in [1.29, 1.82) is 0 Å². The molecule has 2 aromatic rings. The van der Waals surface area contributed by atoms with Crippen molar-refractivity contribution in [3.05, 3.63) is 52.2 Å². The molecule has 0 unspecified atom stereocenters. The fraction of sp³-hybridized carbons (Fsp3) is 0.421. The number of ether oxygens (including phenoxy) is 1. The molecule has 5 nitrogen and oxygen atoms in total. The predicted octanol–water partition coefficient (Wildman–Crippen LogP) is 3.67. The number of nitrogens with one attached hydrogen (secondary N) is 2. The summed E-state index contributed by atoms with van der Waals surface area (Å²) in [6, 6.07) is 12.7. The van der Waals surface area contributed by atoms with Crippen LogP contribution in [0.1, 0.15) is 10.4 Å². The van der Waals surface area contributed by atoms with E-state index in [4.69, 9.17) is 4.74 Å². The molecule has 0 saturated carbocycles. The van der Waals surface area contributed by atoms with Gasteiger partial charge in [0, 0.05) is 51.4 Å². The maximum Gasteiger partial charge on any atom is 0.193 e. The molecule has 2 N–H and O–H groups in total. The highest BCUT2D eigenvalue weighted by atomic mass is 127. The van der Waals surface area contributed by atoms with E-state index in [1.165, 1.54) is 10.4 Å². The molecule has 0 aliphatic carbocycles. The summed E-state index contributed by atoms with van der Waals surface area (Å²) in [7, 11) is 5.61. The molecule has 0 aliphatic heterocycles. The molecule has 0 fully saturated rings. The maximum absolute atomic E-state index is 5.04. The van der Waals surface area contributed by atoms with Gasteiger partial charge >= 0.3 is 0 Å². The molecule has 144 valence electrons. The fourth-order valence-electron chi connectivity index (χ4n) is 2.44. The normalized spacial score (nSPS) is 11.0. The number of aliphatic imine (C=N–C) groups is 1. The van der Waals surface area contributed by atoms with Crippen molar-refractivity contribution in [2.75, 3.05) is 46.2 Å². The standard InChI is InChI=1S/C19H28N4OS.HI/c1-20-19(23(2)12-10-18-5-4-14-25-18)22-15-16-6-8-17(9-7-16)21-11-13-24-3;/h4-9,14,21H,10-13,15H2,1-3H3,(H,20,22);1H. The summed E-state index contributed by atoms with van der Waals surface area (Å²) in [5.74, 6) is 0.916. The van der Waals surface area contributed by atoms with Crippen molar-refractivity contribution in [2.24, 2.45) is 4.99 Å². The number of likely N-dealkylation sites (N-methyl/N-ethyl adjacent to an activating group) is 1. The van der Waals surface area contributed by atoms with E-state index in [1.54, 1.807) is 18.4 Å². The third kappa shape index (κ3) is 7.92. The molecule has 0 spiro atoms. The average molecular weight is 488 g/mol. The van der Waals surface area contributed by atoms with Crippen LogP contribution >= 0.6 is 35.3 Å². The van der Waals surface area contributed by atoms with Gasteiger partial charge in [-0.05, 0) is 35.6 Å². The van der Waals surface area contributed by atoms with Crippen LogP contribution in [0.15, 0.2) is 46.8 Å². The lowest BCUT2D eigenvalue weighted by atomic mass is 10.2.